The van der Waals surface area contributed by atoms with Gasteiger partial charge in [-0.1, -0.05) is 63.6 Å². The Kier molecular flexibility index (Phi) is 3.28. The van der Waals surface area contributed by atoms with Gasteiger partial charge in [-0.2, -0.15) is 10.5 Å². The lowest BCUT2D eigenvalue weighted by Crippen LogP contribution is -2.28. The first kappa shape index (κ1) is 15.6. The molecule has 1 spiro atoms. The maximum atomic E-state index is 12.7. The molecule has 1 heterocycles. The topological polar surface area (TPSA) is 86.2 Å². The van der Waals surface area contributed by atoms with Crippen molar-refractivity contribution >= 4 is 27.6 Å². The molecule has 2 aliphatic rings. The second-order valence-electron chi connectivity index (χ2n) is 6.01. The van der Waals surface area contributed by atoms with E-state index in [1.165, 1.54) is 0 Å². The highest BCUT2D eigenvalue weighted by Gasteiger charge is 2.88. The van der Waals surface area contributed by atoms with Gasteiger partial charge in [0.2, 0.25) is 0 Å². The molecule has 0 bridgehead atoms. The Morgan fingerprint density at radius 3 is 2.44 bits per heavy atom. The van der Waals surface area contributed by atoms with Crippen molar-refractivity contribution in [3.8, 4) is 12.1 Å². The Labute approximate surface area is 152 Å². The number of rotatable bonds is 2. The van der Waals surface area contributed by atoms with E-state index in [1.807, 2.05) is 42.5 Å². The van der Waals surface area contributed by atoms with Crippen LogP contribution < -0.4 is 0 Å². The Morgan fingerprint density at radius 2 is 1.80 bits per heavy atom. The number of benzene rings is 2. The zero-order valence-corrected chi connectivity index (χ0v) is 14.4. The standard InChI is InChI=1S/C19H10BrN3O2/c20-14-8-4-7-13(9-14)15-18(10-21,11-22)19(15)16(23-25-17(19)24)12-5-2-1-3-6-12/h1-9,15H. The Bertz CT molecular complexity index is 989. The van der Waals surface area contributed by atoms with Crippen LogP contribution in [0.2, 0.25) is 0 Å². The molecule has 2 atom stereocenters. The quantitative estimate of drug-likeness (QED) is 0.732. The highest BCUT2D eigenvalue weighted by Crippen LogP contribution is 2.76. The van der Waals surface area contributed by atoms with E-state index in [2.05, 4.69) is 33.2 Å². The minimum atomic E-state index is -1.55. The van der Waals surface area contributed by atoms with E-state index in [-0.39, 0.29) is 0 Å². The third-order valence-electron chi connectivity index (χ3n) is 4.90. The Balaban J connectivity index is 1.95. The van der Waals surface area contributed by atoms with Crippen molar-refractivity contribution in [1.82, 2.24) is 0 Å². The molecule has 25 heavy (non-hydrogen) atoms. The summed E-state index contributed by atoms with van der Waals surface area (Å²) in [5.74, 6) is -1.29. The van der Waals surface area contributed by atoms with Gasteiger partial charge in [0.1, 0.15) is 5.71 Å². The number of nitrogens with zero attached hydrogens (tertiary/aromatic N) is 3. The van der Waals surface area contributed by atoms with Crippen molar-refractivity contribution < 1.29 is 9.63 Å². The highest BCUT2D eigenvalue weighted by atomic mass is 79.9. The van der Waals surface area contributed by atoms with Crippen LogP contribution in [0.25, 0.3) is 0 Å². The fourth-order valence-electron chi connectivity index (χ4n) is 3.80. The SMILES string of the molecule is N#CC1(C#N)C(c2cccc(Br)c2)C12C(=O)ON=C2c1ccccc1. The zero-order chi connectivity index (χ0) is 17.7. The lowest BCUT2D eigenvalue weighted by molar-refractivity contribution is -0.145. The summed E-state index contributed by atoms with van der Waals surface area (Å²) in [5.41, 5.74) is -1.22. The van der Waals surface area contributed by atoms with Gasteiger partial charge >= 0.3 is 5.97 Å². The molecule has 4 rings (SSSR count). The normalized spacial score (nSPS) is 25.6. The molecule has 2 unspecified atom stereocenters. The third-order valence-corrected chi connectivity index (χ3v) is 5.40. The fraction of sp³-hybridized carbons (Fsp3) is 0.158. The van der Waals surface area contributed by atoms with Crippen LogP contribution in [0.15, 0.2) is 64.2 Å². The first-order chi connectivity index (χ1) is 12.1. The lowest BCUT2D eigenvalue weighted by Gasteiger charge is -2.09. The van der Waals surface area contributed by atoms with Gasteiger partial charge in [0.05, 0.1) is 12.1 Å². The molecule has 1 aliphatic heterocycles. The number of carbonyl (C=O) groups is 1. The maximum absolute atomic E-state index is 12.7. The van der Waals surface area contributed by atoms with Crippen LogP contribution >= 0.6 is 15.9 Å². The van der Waals surface area contributed by atoms with Gasteiger partial charge in [-0.3, -0.25) is 0 Å². The summed E-state index contributed by atoms with van der Waals surface area (Å²) in [6.07, 6.45) is 0. The molecule has 1 fully saturated rings. The van der Waals surface area contributed by atoms with Crippen LogP contribution in [0.3, 0.4) is 0 Å². The third kappa shape index (κ3) is 1.80. The van der Waals surface area contributed by atoms with E-state index in [9.17, 15) is 15.3 Å². The fourth-order valence-corrected chi connectivity index (χ4v) is 4.21. The first-order valence-corrected chi connectivity index (χ1v) is 8.34. The molecule has 0 aromatic heterocycles. The number of oxime groups is 1. The number of carbonyl (C=O) groups excluding carboxylic acids is 1. The van der Waals surface area contributed by atoms with E-state index in [0.717, 1.165) is 10.0 Å². The molecule has 1 saturated carbocycles. The van der Waals surface area contributed by atoms with Gasteiger partial charge in [-0.25, -0.2) is 4.79 Å². The Morgan fingerprint density at radius 1 is 1.08 bits per heavy atom. The van der Waals surface area contributed by atoms with Crippen LogP contribution in [-0.4, -0.2) is 11.7 Å². The van der Waals surface area contributed by atoms with Crippen molar-refractivity contribution in [2.24, 2.45) is 16.0 Å². The summed E-state index contributed by atoms with van der Waals surface area (Å²) in [7, 11) is 0. The van der Waals surface area contributed by atoms with Crippen LogP contribution in [0, 0.1) is 33.5 Å². The van der Waals surface area contributed by atoms with Gasteiger partial charge in [0.25, 0.3) is 0 Å². The summed E-state index contributed by atoms with van der Waals surface area (Å²) in [6, 6.07) is 20.5. The monoisotopic (exact) mass is 391 g/mol. The number of halogens is 1. The van der Waals surface area contributed by atoms with Crippen LogP contribution in [-0.2, 0) is 9.63 Å². The largest absolute Gasteiger partial charge is 0.350 e. The average Bonchev–Trinajstić information content (AvgIpc) is 3.12. The van der Waals surface area contributed by atoms with Crippen LogP contribution in [0.4, 0.5) is 0 Å². The summed E-state index contributed by atoms with van der Waals surface area (Å²) >= 11 is 3.40. The van der Waals surface area contributed by atoms with Gasteiger partial charge in [0.15, 0.2) is 10.8 Å². The van der Waals surface area contributed by atoms with E-state index < -0.39 is 22.7 Å². The first-order valence-electron chi connectivity index (χ1n) is 7.55. The zero-order valence-electron chi connectivity index (χ0n) is 12.8. The van der Waals surface area contributed by atoms with Crippen molar-refractivity contribution in [3.63, 3.8) is 0 Å². The molecule has 0 saturated heterocycles. The number of hydrogen-bond acceptors (Lipinski definition) is 5. The summed E-state index contributed by atoms with van der Waals surface area (Å²) in [4.78, 5) is 17.7. The summed E-state index contributed by atoms with van der Waals surface area (Å²) in [5, 5.41) is 23.6. The molecular weight excluding hydrogens is 382 g/mol. The minimum Gasteiger partial charge on any atom is -0.317 e. The van der Waals surface area contributed by atoms with E-state index in [4.69, 9.17) is 4.84 Å². The highest BCUT2D eigenvalue weighted by molar-refractivity contribution is 9.10. The van der Waals surface area contributed by atoms with E-state index >= 15 is 0 Å². The second-order valence-corrected chi connectivity index (χ2v) is 6.93. The number of nitriles is 2. The lowest BCUT2D eigenvalue weighted by atomic mass is 9.86. The average molecular weight is 392 g/mol. The van der Waals surface area contributed by atoms with Gasteiger partial charge in [-0.15, -0.1) is 0 Å². The minimum absolute atomic E-state index is 0.339. The maximum Gasteiger partial charge on any atom is 0.350 e. The molecule has 2 aromatic carbocycles. The van der Waals surface area contributed by atoms with Crippen molar-refractivity contribution in [2.75, 3.05) is 0 Å². The molecule has 120 valence electrons. The summed E-state index contributed by atoms with van der Waals surface area (Å²) in [6.45, 7) is 0. The van der Waals surface area contributed by atoms with Gasteiger partial charge < -0.3 is 4.84 Å². The molecule has 2 aromatic rings. The van der Waals surface area contributed by atoms with Crippen molar-refractivity contribution in [2.45, 2.75) is 5.92 Å². The van der Waals surface area contributed by atoms with Crippen molar-refractivity contribution in [3.05, 3.63) is 70.2 Å². The molecule has 1 aliphatic carbocycles. The molecule has 0 amide bonds. The smallest absolute Gasteiger partial charge is 0.317 e. The predicted octanol–water partition coefficient (Wildman–Crippen LogP) is 3.53. The van der Waals surface area contributed by atoms with Crippen LogP contribution in [0.1, 0.15) is 17.0 Å². The molecule has 0 N–H and O–H groups in total. The van der Waals surface area contributed by atoms with Crippen molar-refractivity contribution in [1.29, 1.82) is 10.5 Å². The molecule has 0 radical (unpaired) electrons. The molecule has 6 heteroatoms. The van der Waals surface area contributed by atoms with Gasteiger partial charge in [-0.05, 0) is 17.7 Å². The Hall–Kier alpha value is -2.96. The predicted molar refractivity (Wildman–Crippen MR) is 92.0 cm³/mol. The van der Waals surface area contributed by atoms with E-state index in [1.54, 1.807) is 12.1 Å². The van der Waals surface area contributed by atoms with Crippen LogP contribution in [0.5, 0.6) is 0 Å². The molecule has 5 nitrogen and oxygen atoms in total. The summed E-state index contributed by atoms with van der Waals surface area (Å²) < 4.78 is 0.807. The number of hydrogen-bond donors (Lipinski definition) is 0. The molecular formula is C19H10BrN3O2. The van der Waals surface area contributed by atoms with Gasteiger partial charge in [0, 0.05) is 16.0 Å². The van der Waals surface area contributed by atoms with E-state index in [0.29, 0.717) is 11.3 Å². The second kappa shape index (κ2) is 5.27.